The summed E-state index contributed by atoms with van der Waals surface area (Å²) in [6.45, 7) is 2.91. The number of likely N-dealkylation sites (tertiary alicyclic amines) is 1. The number of rotatable bonds is 4. The van der Waals surface area contributed by atoms with Crippen molar-refractivity contribution in [3.63, 3.8) is 0 Å². The summed E-state index contributed by atoms with van der Waals surface area (Å²) in [5, 5.41) is 7.46. The molecule has 1 saturated heterocycles. The molecule has 1 aliphatic heterocycles. The van der Waals surface area contributed by atoms with Gasteiger partial charge in [-0.25, -0.2) is 14.1 Å². The maximum Gasteiger partial charge on any atom is 0.149 e. The monoisotopic (exact) mass is 289 g/mol. The quantitative estimate of drug-likeness (QED) is 0.928. The van der Waals surface area contributed by atoms with E-state index in [1.165, 1.54) is 36.7 Å². The minimum Gasteiger partial charge on any atom is -0.309 e. The fourth-order valence-corrected chi connectivity index (χ4v) is 2.77. The van der Waals surface area contributed by atoms with Gasteiger partial charge in [-0.2, -0.15) is 5.10 Å². The van der Waals surface area contributed by atoms with Crippen LogP contribution < -0.4 is 5.32 Å². The molecule has 112 valence electrons. The first-order valence-electron chi connectivity index (χ1n) is 7.28. The van der Waals surface area contributed by atoms with Gasteiger partial charge in [0, 0.05) is 19.1 Å². The van der Waals surface area contributed by atoms with Gasteiger partial charge in [-0.15, -0.1) is 0 Å². The highest BCUT2D eigenvalue weighted by molar-refractivity contribution is 5.35. The molecule has 0 unspecified atom stereocenters. The second-order valence-electron chi connectivity index (χ2n) is 5.61. The van der Waals surface area contributed by atoms with Crippen LogP contribution in [-0.4, -0.2) is 45.8 Å². The number of halogens is 1. The predicted molar refractivity (Wildman–Crippen MR) is 78.7 cm³/mol. The average Bonchev–Trinajstić information content (AvgIpc) is 2.99. The van der Waals surface area contributed by atoms with Crippen LogP contribution in [-0.2, 0) is 6.54 Å². The third-order valence-electron chi connectivity index (χ3n) is 3.90. The molecule has 1 aliphatic rings. The SMILES string of the molecule is CN1CCC[C@@H](NCc2ccc(-n3cncn3)c(F)c2)C1. The van der Waals surface area contributed by atoms with Gasteiger partial charge in [-0.3, -0.25) is 0 Å². The first kappa shape index (κ1) is 14.2. The number of piperidine rings is 1. The average molecular weight is 289 g/mol. The summed E-state index contributed by atoms with van der Waals surface area (Å²) < 4.78 is 15.5. The van der Waals surface area contributed by atoms with Crippen molar-refractivity contribution in [2.24, 2.45) is 0 Å². The third kappa shape index (κ3) is 3.46. The molecule has 1 aromatic carbocycles. The lowest BCUT2D eigenvalue weighted by molar-refractivity contribution is 0.226. The smallest absolute Gasteiger partial charge is 0.149 e. The van der Waals surface area contributed by atoms with Crippen molar-refractivity contribution in [3.8, 4) is 5.69 Å². The molecule has 0 radical (unpaired) electrons. The van der Waals surface area contributed by atoms with E-state index >= 15 is 0 Å². The van der Waals surface area contributed by atoms with E-state index in [1.54, 1.807) is 12.1 Å². The van der Waals surface area contributed by atoms with Crippen LogP contribution in [0.2, 0.25) is 0 Å². The maximum absolute atomic E-state index is 14.1. The van der Waals surface area contributed by atoms with Crippen molar-refractivity contribution in [1.82, 2.24) is 25.0 Å². The third-order valence-corrected chi connectivity index (χ3v) is 3.90. The summed E-state index contributed by atoms with van der Waals surface area (Å²) in [6.07, 6.45) is 5.29. The first-order chi connectivity index (χ1) is 10.2. The van der Waals surface area contributed by atoms with E-state index in [0.717, 1.165) is 12.1 Å². The molecule has 0 amide bonds. The van der Waals surface area contributed by atoms with Crippen molar-refractivity contribution < 1.29 is 4.39 Å². The summed E-state index contributed by atoms with van der Waals surface area (Å²) in [4.78, 5) is 6.16. The Hall–Kier alpha value is -1.79. The number of nitrogens with one attached hydrogen (secondary N) is 1. The van der Waals surface area contributed by atoms with E-state index in [4.69, 9.17) is 0 Å². The molecular weight excluding hydrogens is 269 g/mol. The molecule has 0 spiro atoms. The number of nitrogens with zero attached hydrogens (tertiary/aromatic N) is 4. The van der Waals surface area contributed by atoms with Crippen molar-refractivity contribution >= 4 is 0 Å². The standard InChI is InChI=1S/C15H20FN5/c1-20-6-2-3-13(9-20)18-8-12-4-5-15(14(16)7-12)21-11-17-10-19-21/h4-5,7,10-11,13,18H,2-3,6,8-9H2,1H3/t13-/m1/s1. The van der Waals surface area contributed by atoms with Gasteiger partial charge in [0.2, 0.25) is 0 Å². The Balaban J connectivity index is 1.63. The van der Waals surface area contributed by atoms with Gasteiger partial charge < -0.3 is 10.2 Å². The summed E-state index contributed by atoms with van der Waals surface area (Å²) in [7, 11) is 2.14. The maximum atomic E-state index is 14.1. The molecule has 2 aromatic rings. The summed E-state index contributed by atoms with van der Waals surface area (Å²) in [6, 6.07) is 5.73. The molecule has 1 aromatic heterocycles. The van der Waals surface area contributed by atoms with Crippen LogP contribution in [0.4, 0.5) is 4.39 Å². The lowest BCUT2D eigenvalue weighted by atomic mass is 10.1. The van der Waals surface area contributed by atoms with E-state index in [1.807, 2.05) is 6.07 Å². The molecular formula is C15H20FN5. The van der Waals surface area contributed by atoms with Crippen molar-refractivity contribution in [2.45, 2.75) is 25.4 Å². The second-order valence-corrected chi connectivity index (χ2v) is 5.61. The zero-order chi connectivity index (χ0) is 14.7. The highest BCUT2D eigenvalue weighted by Crippen LogP contribution is 2.15. The van der Waals surface area contributed by atoms with Crippen molar-refractivity contribution in [3.05, 3.63) is 42.2 Å². The van der Waals surface area contributed by atoms with Crippen LogP contribution in [0.5, 0.6) is 0 Å². The van der Waals surface area contributed by atoms with Gasteiger partial charge >= 0.3 is 0 Å². The normalized spacial score (nSPS) is 19.8. The molecule has 0 aliphatic carbocycles. The van der Waals surface area contributed by atoms with E-state index in [9.17, 15) is 4.39 Å². The predicted octanol–water partition coefficient (Wildman–Crippen LogP) is 1.59. The van der Waals surface area contributed by atoms with E-state index < -0.39 is 0 Å². The number of likely N-dealkylation sites (N-methyl/N-ethyl adjacent to an activating group) is 1. The Labute approximate surface area is 123 Å². The zero-order valence-electron chi connectivity index (χ0n) is 12.2. The van der Waals surface area contributed by atoms with Gasteiger partial charge in [0.05, 0.1) is 0 Å². The largest absolute Gasteiger partial charge is 0.309 e. The lowest BCUT2D eigenvalue weighted by Crippen LogP contribution is -2.43. The van der Waals surface area contributed by atoms with E-state index in [0.29, 0.717) is 18.3 Å². The molecule has 6 heteroatoms. The van der Waals surface area contributed by atoms with Crippen LogP contribution in [0.1, 0.15) is 18.4 Å². The summed E-state index contributed by atoms with van der Waals surface area (Å²) in [5.41, 5.74) is 1.37. The topological polar surface area (TPSA) is 46.0 Å². The summed E-state index contributed by atoms with van der Waals surface area (Å²) in [5.74, 6) is -0.277. The minimum atomic E-state index is -0.277. The van der Waals surface area contributed by atoms with Crippen LogP contribution in [0.25, 0.3) is 5.69 Å². The number of aromatic nitrogens is 3. The van der Waals surface area contributed by atoms with E-state index in [-0.39, 0.29) is 5.82 Å². The second kappa shape index (κ2) is 6.32. The Morgan fingerprint density at radius 3 is 3.05 bits per heavy atom. The summed E-state index contributed by atoms with van der Waals surface area (Å²) >= 11 is 0. The Morgan fingerprint density at radius 1 is 1.43 bits per heavy atom. The van der Waals surface area contributed by atoms with Gasteiger partial charge in [0.1, 0.15) is 24.2 Å². The highest BCUT2D eigenvalue weighted by Gasteiger charge is 2.16. The highest BCUT2D eigenvalue weighted by atomic mass is 19.1. The number of hydrogen-bond acceptors (Lipinski definition) is 4. The lowest BCUT2D eigenvalue weighted by Gasteiger charge is -2.30. The van der Waals surface area contributed by atoms with Crippen LogP contribution in [0.15, 0.2) is 30.9 Å². The Kier molecular flexibility index (Phi) is 4.26. The molecule has 5 nitrogen and oxygen atoms in total. The molecule has 1 atom stereocenters. The van der Waals surface area contributed by atoms with Gasteiger partial charge in [0.25, 0.3) is 0 Å². The van der Waals surface area contributed by atoms with Crippen LogP contribution in [0.3, 0.4) is 0 Å². The zero-order valence-corrected chi connectivity index (χ0v) is 12.2. The van der Waals surface area contributed by atoms with Crippen LogP contribution in [0, 0.1) is 5.82 Å². The van der Waals surface area contributed by atoms with Gasteiger partial charge in [-0.05, 0) is 44.1 Å². The number of benzene rings is 1. The molecule has 0 saturated carbocycles. The molecule has 1 N–H and O–H groups in total. The van der Waals surface area contributed by atoms with Gasteiger partial charge in [-0.1, -0.05) is 6.07 Å². The molecule has 3 rings (SSSR count). The van der Waals surface area contributed by atoms with Gasteiger partial charge in [0.15, 0.2) is 0 Å². The first-order valence-corrected chi connectivity index (χ1v) is 7.28. The fourth-order valence-electron chi connectivity index (χ4n) is 2.77. The molecule has 0 bridgehead atoms. The molecule has 21 heavy (non-hydrogen) atoms. The minimum absolute atomic E-state index is 0.277. The Bertz CT molecular complexity index is 584. The fraction of sp³-hybridized carbons (Fsp3) is 0.467. The van der Waals surface area contributed by atoms with Crippen molar-refractivity contribution in [2.75, 3.05) is 20.1 Å². The molecule has 2 heterocycles. The Morgan fingerprint density at radius 2 is 2.33 bits per heavy atom. The van der Waals surface area contributed by atoms with E-state index in [2.05, 4.69) is 27.3 Å². The molecule has 1 fully saturated rings. The van der Waals surface area contributed by atoms with Crippen LogP contribution >= 0.6 is 0 Å². The van der Waals surface area contributed by atoms with Crippen molar-refractivity contribution in [1.29, 1.82) is 0 Å². The number of hydrogen-bond donors (Lipinski definition) is 1.